The Morgan fingerprint density at radius 2 is 2.16 bits per heavy atom. The maximum absolute atomic E-state index is 13.2. The summed E-state index contributed by atoms with van der Waals surface area (Å²) >= 11 is 0. The fourth-order valence-electron chi connectivity index (χ4n) is 2.33. The van der Waals surface area contributed by atoms with Crippen LogP contribution in [0.4, 0.5) is 10.1 Å². The number of hydrogen-bond acceptors (Lipinski definition) is 4. The van der Waals surface area contributed by atoms with E-state index in [-0.39, 0.29) is 17.2 Å². The van der Waals surface area contributed by atoms with E-state index in [0.29, 0.717) is 13.0 Å². The maximum atomic E-state index is 13.2. The van der Waals surface area contributed by atoms with Crippen LogP contribution in [0.5, 0.6) is 0 Å². The Bertz CT molecular complexity index is 562. The molecule has 106 valence electrons. The molecule has 19 heavy (non-hydrogen) atoms. The van der Waals surface area contributed by atoms with Gasteiger partial charge in [0.25, 0.3) is 0 Å². The highest BCUT2D eigenvalue weighted by Crippen LogP contribution is 2.28. The average Bonchev–Trinajstić information content (AvgIpc) is 2.41. The molecule has 1 aromatic carbocycles. The summed E-state index contributed by atoms with van der Waals surface area (Å²) in [6, 6.07) is 2.82. The SMILES string of the molecule is Nc1ccc(F)cc1S(=O)(=O)N1CCCCC1CO. The summed E-state index contributed by atoms with van der Waals surface area (Å²) in [5.74, 6) is -0.648. The van der Waals surface area contributed by atoms with E-state index in [0.717, 1.165) is 25.0 Å². The number of nitrogen functional groups attached to an aromatic ring is 1. The zero-order valence-electron chi connectivity index (χ0n) is 10.4. The Morgan fingerprint density at radius 3 is 2.84 bits per heavy atom. The molecule has 0 aromatic heterocycles. The number of hydrogen-bond donors (Lipinski definition) is 2. The van der Waals surface area contributed by atoms with Crippen LogP contribution in [0.3, 0.4) is 0 Å². The van der Waals surface area contributed by atoms with Gasteiger partial charge in [-0.25, -0.2) is 12.8 Å². The molecule has 0 aliphatic carbocycles. The van der Waals surface area contributed by atoms with Gasteiger partial charge in [-0.1, -0.05) is 6.42 Å². The van der Waals surface area contributed by atoms with Crippen LogP contribution in [-0.2, 0) is 10.0 Å². The second-order valence-electron chi connectivity index (χ2n) is 4.63. The van der Waals surface area contributed by atoms with Crippen LogP contribution in [-0.4, -0.2) is 37.0 Å². The maximum Gasteiger partial charge on any atom is 0.245 e. The van der Waals surface area contributed by atoms with Gasteiger partial charge < -0.3 is 10.8 Å². The lowest BCUT2D eigenvalue weighted by Crippen LogP contribution is -2.45. The van der Waals surface area contributed by atoms with Gasteiger partial charge in [-0.15, -0.1) is 0 Å². The fourth-order valence-corrected chi connectivity index (χ4v) is 4.14. The number of sulfonamides is 1. The van der Waals surface area contributed by atoms with E-state index in [9.17, 15) is 17.9 Å². The molecule has 0 spiro atoms. The molecule has 0 bridgehead atoms. The molecule has 1 aromatic rings. The van der Waals surface area contributed by atoms with E-state index in [4.69, 9.17) is 5.73 Å². The van der Waals surface area contributed by atoms with Crippen LogP contribution < -0.4 is 5.73 Å². The largest absolute Gasteiger partial charge is 0.398 e. The highest BCUT2D eigenvalue weighted by molar-refractivity contribution is 7.89. The van der Waals surface area contributed by atoms with E-state index in [1.807, 2.05) is 0 Å². The zero-order valence-corrected chi connectivity index (χ0v) is 11.2. The van der Waals surface area contributed by atoms with Crippen LogP contribution in [0.1, 0.15) is 19.3 Å². The van der Waals surface area contributed by atoms with Crippen LogP contribution >= 0.6 is 0 Å². The molecular weight excluding hydrogens is 271 g/mol. The third kappa shape index (κ3) is 2.72. The third-order valence-electron chi connectivity index (χ3n) is 3.35. The second-order valence-corrected chi connectivity index (χ2v) is 6.49. The van der Waals surface area contributed by atoms with Crippen LogP contribution in [0.15, 0.2) is 23.1 Å². The molecule has 1 heterocycles. The van der Waals surface area contributed by atoms with Crippen molar-refractivity contribution in [2.45, 2.75) is 30.2 Å². The predicted molar refractivity (Wildman–Crippen MR) is 69.4 cm³/mol. The summed E-state index contributed by atoms with van der Waals surface area (Å²) in [6.07, 6.45) is 2.20. The van der Waals surface area contributed by atoms with Crippen molar-refractivity contribution in [3.05, 3.63) is 24.0 Å². The van der Waals surface area contributed by atoms with Gasteiger partial charge in [0, 0.05) is 12.6 Å². The van der Waals surface area contributed by atoms with Crippen molar-refractivity contribution in [3.63, 3.8) is 0 Å². The highest BCUT2D eigenvalue weighted by Gasteiger charge is 2.34. The molecule has 1 atom stereocenters. The van der Waals surface area contributed by atoms with E-state index >= 15 is 0 Å². The standard InChI is InChI=1S/C12H17FN2O3S/c13-9-4-5-11(14)12(7-9)19(17,18)15-6-2-1-3-10(15)8-16/h4-5,7,10,16H,1-3,6,8,14H2. The Kier molecular flexibility index (Phi) is 4.07. The molecule has 1 fully saturated rings. The normalized spacial score (nSPS) is 21.5. The number of benzene rings is 1. The first-order chi connectivity index (χ1) is 8.96. The van der Waals surface area contributed by atoms with Gasteiger partial charge in [-0.2, -0.15) is 4.31 Å². The predicted octanol–water partition coefficient (Wildman–Crippen LogP) is 0.943. The Labute approximate surface area is 111 Å². The Balaban J connectivity index is 2.43. The first kappa shape index (κ1) is 14.2. The van der Waals surface area contributed by atoms with Crippen molar-refractivity contribution in [2.75, 3.05) is 18.9 Å². The summed E-state index contributed by atoms with van der Waals surface area (Å²) in [4.78, 5) is -0.229. The number of piperidine rings is 1. The van der Waals surface area contributed by atoms with E-state index in [1.54, 1.807) is 0 Å². The number of nitrogens with two attached hydrogens (primary N) is 1. The molecule has 1 aliphatic rings. The lowest BCUT2D eigenvalue weighted by Gasteiger charge is -2.33. The molecular formula is C12H17FN2O3S. The average molecular weight is 288 g/mol. The molecule has 5 nitrogen and oxygen atoms in total. The quantitative estimate of drug-likeness (QED) is 0.811. The van der Waals surface area contributed by atoms with Crippen molar-refractivity contribution >= 4 is 15.7 Å². The first-order valence-electron chi connectivity index (χ1n) is 6.14. The summed E-state index contributed by atoms with van der Waals surface area (Å²) < 4.78 is 39.5. The van der Waals surface area contributed by atoms with Crippen molar-refractivity contribution in [1.29, 1.82) is 0 Å². The number of aliphatic hydroxyl groups is 1. The first-order valence-corrected chi connectivity index (χ1v) is 7.58. The molecule has 0 saturated carbocycles. The summed E-state index contributed by atoms with van der Waals surface area (Å²) in [6.45, 7) is 0.0813. The van der Waals surface area contributed by atoms with Crippen molar-refractivity contribution in [3.8, 4) is 0 Å². The van der Waals surface area contributed by atoms with Crippen molar-refractivity contribution < 1.29 is 17.9 Å². The van der Waals surface area contributed by atoms with Gasteiger partial charge in [-0.05, 0) is 31.0 Å². The molecule has 2 rings (SSSR count). The molecule has 1 aliphatic heterocycles. The van der Waals surface area contributed by atoms with E-state index in [2.05, 4.69) is 0 Å². The minimum absolute atomic E-state index is 0.0173. The number of rotatable bonds is 3. The zero-order chi connectivity index (χ0) is 14.0. The lowest BCUT2D eigenvalue weighted by molar-refractivity contribution is 0.155. The van der Waals surface area contributed by atoms with Crippen molar-refractivity contribution in [2.24, 2.45) is 0 Å². The lowest BCUT2D eigenvalue weighted by atomic mass is 10.1. The van der Waals surface area contributed by atoms with Gasteiger partial charge in [0.15, 0.2) is 0 Å². The molecule has 0 amide bonds. The molecule has 1 unspecified atom stereocenters. The highest BCUT2D eigenvalue weighted by atomic mass is 32.2. The van der Waals surface area contributed by atoms with Crippen LogP contribution in [0.25, 0.3) is 0 Å². The van der Waals surface area contributed by atoms with Crippen LogP contribution in [0.2, 0.25) is 0 Å². The van der Waals surface area contributed by atoms with E-state index in [1.165, 1.54) is 10.4 Å². The van der Waals surface area contributed by atoms with Gasteiger partial charge in [0.05, 0.1) is 12.3 Å². The van der Waals surface area contributed by atoms with Crippen LogP contribution in [0, 0.1) is 5.82 Å². The summed E-state index contributed by atoms with van der Waals surface area (Å²) in [5, 5.41) is 9.28. The van der Waals surface area contributed by atoms with Gasteiger partial charge in [-0.3, -0.25) is 0 Å². The Morgan fingerprint density at radius 1 is 1.42 bits per heavy atom. The Hall–Kier alpha value is -1.18. The topological polar surface area (TPSA) is 83.6 Å². The second kappa shape index (κ2) is 5.44. The minimum Gasteiger partial charge on any atom is -0.398 e. The molecule has 7 heteroatoms. The monoisotopic (exact) mass is 288 g/mol. The van der Waals surface area contributed by atoms with Gasteiger partial charge in [0.1, 0.15) is 10.7 Å². The number of aliphatic hydroxyl groups excluding tert-OH is 1. The number of nitrogens with zero attached hydrogens (tertiary/aromatic N) is 1. The molecule has 1 saturated heterocycles. The molecule has 3 N–H and O–H groups in total. The summed E-state index contributed by atoms with van der Waals surface area (Å²) in [7, 11) is -3.87. The fraction of sp³-hybridized carbons (Fsp3) is 0.500. The molecule has 0 radical (unpaired) electrons. The third-order valence-corrected chi connectivity index (χ3v) is 5.35. The summed E-state index contributed by atoms with van der Waals surface area (Å²) in [5.41, 5.74) is 5.65. The van der Waals surface area contributed by atoms with E-state index < -0.39 is 21.9 Å². The van der Waals surface area contributed by atoms with Gasteiger partial charge in [0.2, 0.25) is 10.0 Å². The number of halogens is 1. The smallest absolute Gasteiger partial charge is 0.245 e. The van der Waals surface area contributed by atoms with Gasteiger partial charge >= 0.3 is 0 Å². The minimum atomic E-state index is -3.87. The van der Waals surface area contributed by atoms with Crippen molar-refractivity contribution in [1.82, 2.24) is 4.31 Å². The number of anilines is 1.